The highest BCUT2D eigenvalue weighted by Crippen LogP contribution is 2.28. The summed E-state index contributed by atoms with van der Waals surface area (Å²) in [6.07, 6.45) is -5.54. The second-order valence-corrected chi connectivity index (χ2v) is 3.88. The molecule has 0 aromatic rings. The summed E-state index contributed by atoms with van der Waals surface area (Å²) in [5.41, 5.74) is 0. The number of carbonyl (C=O) groups is 2. The average Bonchev–Trinajstić information content (AvgIpc) is 2.68. The molecule has 5 nitrogen and oxygen atoms in total. The van der Waals surface area contributed by atoms with E-state index < -0.39 is 43.1 Å². The van der Waals surface area contributed by atoms with Crippen LogP contribution in [0.2, 0.25) is 0 Å². The van der Waals surface area contributed by atoms with Crippen LogP contribution in [-0.2, 0) is 14.3 Å². The molecule has 1 N–H and O–H groups in total. The van der Waals surface area contributed by atoms with Gasteiger partial charge in [0.15, 0.2) is 0 Å². The Bertz CT molecular complexity index is 301. The number of nitrogens with zero attached hydrogens (tertiary/aromatic N) is 1. The molecule has 2 bridgehead atoms. The van der Waals surface area contributed by atoms with Crippen molar-refractivity contribution in [1.29, 1.82) is 0 Å². The predicted octanol–water partition coefficient (Wildman–Crippen LogP) is -0.471. The Morgan fingerprint density at radius 1 is 1.31 bits per heavy atom. The highest BCUT2D eigenvalue weighted by atomic mass is 19.3. The Labute approximate surface area is 90.0 Å². The van der Waals surface area contributed by atoms with E-state index in [0.29, 0.717) is 17.7 Å². The molecule has 0 aromatic carbocycles. The van der Waals surface area contributed by atoms with Gasteiger partial charge < -0.3 is 9.84 Å². The molecule has 0 spiro atoms. The molecule has 3 unspecified atom stereocenters. The van der Waals surface area contributed by atoms with Crippen LogP contribution in [0.4, 0.5) is 8.78 Å². The van der Waals surface area contributed by atoms with E-state index in [1.54, 1.807) is 0 Å². The van der Waals surface area contributed by atoms with E-state index in [-0.39, 0.29) is 0 Å². The third kappa shape index (κ3) is 1.80. The number of hydrogen-bond donors (Lipinski definition) is 1. The minimum Gasteiger partial charge on any atom is -0.385 e. The van der Waals surface area contributed by atoms with Crippen LogP contribution < -0.4 is 0 Å². The number of rotatable bonds is 3. The first-order chi connectivity index (χ1) is 7.50. The molecule has 3 atom stereocenters. The number of morpholine rings is 1. The van der Waals surface area contributed by atoms with E-state index in [2.05, 4.69) is 0 Å². The van der Waals surface area contributed by atoms with Crippen molar-refractivity contribution in [2.75, 3.05) is 6.54 Å². The van der Waals surface area contributed by atoms with Crippen molar-refractivity contribution in [3.05, 3.63) is 0 Å². The zero-order chi connectivity index (χ0) is 11.9. The van der Waals surface area contributed by atoms with Gasteiger partial charge in [-0.1, -0.05) is 0 Å². The molecule has 2 aliphatic rings. The Morgan fingerprint density at radius 3 is 2.25 bits per heavy atom. The van der Waals surface area contributed by atoms with Gasteiger partial charge in [-0.3, -0.25) is 14.5 Å². The maximum Gasteiger partial charge on any atom is 0.265 e. The average molecular weight is 235 g/mol. The van der Waals surface area contributed by atoms with Crippen LogP contribution in [0.15, 0.2) is 0 Å². The summed E-state index contributed by atoms with van der Waals surface area (Å²) < 4.78 is 29.3. The van der Waals surface area contributed by atoms with Gasteiger partial charge in [-0.15, -0.1) is 0 Å². The highest BCUT2D eigenvalue weighted by Gasteiger charge is 2.47. The van der Waals surface area contributed by atoms with Crippen molar-refractivity contribution in [2.45, 2.75) is 37.6 Å². The minimum atomic E-state index is -2.97. The number of likely N-dealkylation sites (tertiary alicyclic amines) is 1. The van der Waals surface area contributed by atoms with Crippen LogP contribution in [-0.4, -0.2) is 53.1 Å². The number of fused-ring (bicyclic) bond motifs is 2. The Hall–Kier alpha value is -1.08. The summed E-state index contributed by atoms with van der Waals surface area (Å²) in [6.45, 7) is -0.661. The number of aliphatic hydroxyl groups is 1. The molecule has 0 saturated carbocycles. The number of imide groups is 1. The van der Waals surface area contributed by atoms with Gasteiger partial charge in [0.05, 0.1) is 6.54 Å². The standard InChI is InChI=1S/C9H11F2NO4/c10-7(11)4(13)3-12-8(14)5-1-2-6(16-5)9(12)15/h4-7,13H,1-3H2. The van der Waals surface area contributed by atoms with Gasteiger partial charge in [-0.2, -0.15) is 0 Å². The van der Waals surface area contributed by atoms with Gasteiger partial charge in [0.25, 0.3) is 18.2 Å². The molecule has 90 valence electrons. The number of alkyl halides is 2. The number of carbonyl (C=O) groups excluding carboxylic acids is 2. The number of hydrogen-bond acceptors (Lipinski definition) is 4. The molecule has 0 aromatic heterocycles. The monoisotopic (exact) mass is 235 g/mol. The van der Waals surface area contributed by atoms with Gasteiger partial charge in [-0.25, -0.2) is 8.78 Å². The second kappa shape index (κ2) is 4.06. The summed E-state index contributed by atoms with van der Waals surface area (Å²) >= 11 is 0. The maximum atomic E-state index is 12.1. The van der Waals surface area contributed by atoms with Crippen molar-refractivity contribution >= 4 is 11.8 Å². The fourth-order valence-electron chi connectivity index (χ4n) is 1.90. The van der Waals surface area contributed by atoms with E-state index in [4.69, 9.17) is 9.84 Å². The normalized spacial score (nSPS) is 31.4. The molecule has 2 amide bonds. The Morgan fingerprint density at radius 2 is 1.81 bits per heavy atom. The van der Waals surface area contributed by atoms with Crippen molar-refractivity contribution in [2.24, 2.45) is 0 Å². The number of halogens is 2. The molecular formula is C9H11F2NO4. The molecular weight excluding hydrogens is 224 g/mol. The minimum absolute atomic E-state index is 0.427. The molecule has 16 heavy (non-hydrogen) atoms. The molecule has 2 aliphatic heterocycles. The SMILES string of the molecule is O=C1C2CCC(O2)C(=O)N1CC(O)C(F)F. The summed E-state index contributed by atoms with van der Waals surface area (Å²) in [5.74, 6) is -1.25. The van der Waals surface area contributed by atoms with Crippen LogP contribution in [0.25, 0.3) is 0 Å². The summed E-state index contributed by atoms with van der Waals surface area (Å²) in [5, 5.41) is 8.97. The van der Waals surface area contributed by atoms with Crippen molar-refractivity contribution in [3.8, 4) is 0 Å². The third-order valence-electron chi connectivity index (χ3n) is 2.76. The molecule has 2 saturated heterocycles. The van der Waals surface area contributed by atoms with E-state index >= 15 is 0 Å². The van der Waals surface area contributed by atoms with Crippen LogP contribution in [0.3, 0.4) is 0 Å². The van der Waals surface area contributed by atoms with Crippen LogP contribution in [0.1, 0.15) is 12.8 Å². The fourth-order valence-corrected chi connectivity index (χ4v) is 1.90. The summed E-state index contributed by atoms with van der Waals surface area (Å²) in [4.78, 5) is 23.8. The quantitative estimate of drug-likeness (QED) is 0.671. The van der Waals surface area contributed by atoms with Crippen LogP contribution >= 0.6 is 0 Å². The summed E-state index contributed by atoms with van der Waals surface area (Å²) in [6, 6.07) is 0. The van der Waals surface area contributed by atoms with Gasteiger partial charge in [0.1, 0.15) is 18.3 Å². The lowest BCUT2D eigenvalue weighted by molar-refractivity contribution is -0.171. The van der Waals surface area contributed by atoms with E-state index in [9.17, 15) is 18.4 Å². The van der Waals surface area contributed by atoms with Gasteiger partial charge in [0.2, 0.25) is 0 Å². The van der Waals surface area contributed by atoms with Gasteiger partial charge >= 0.3 is 0 Å². The summed E-state index contributed by atoms with van der Waals surface area (Å²) in [7, 11) is 0. The Balaban J connectivity index is 2.08. The number of amides is 2. The molecule has 2 rings (SSSR count). The van der Waals surface area contributed by atoms with Crippen LogP contribution in [0, 0.1) is 0 Å². The zero-order valence-corrected chi connectivity index (χ0v) is 8.31. The molecule has 2 fully saturated rings. The van der Waals surface area contributed by atoms with Crippen molar-refractivity contribution in [3.63, 3.8) is 0 Å². The zero-order valence-electron chi connectivity index (χ0n) is 8.31. The van der Waals surface area contributed by atoms with Gasteiger partial charge in [0, 0.05) is 0 Å². The number of ether oxygens (including phenoxy) is 1. The lowest BCUT2D eigenvalue weighted by atomic mass is 10.2. The molecule has 0 radical (unpaired) electrons. The first-order valence-corrected chi connectivity index (χ1v) is 4.97. The fraction of sp³-hybridized carbons (Fsp3) is 0.778. The van der Waals surface area contributed by atoms with Crippen LogP contribution in [0.5, 0.6) is 0 Å². The second-order valence-electron chi connectivity index (χ2n) is 3.88. The number of β-amino-alcohol motifs (C(OH)–C–C–N with tert-alkyl or cyclic N) is 1. The number of aliphatic hydroxyl groups excluding tert-OH is 1. The third-order valence-corrected chi connectivity index (χ3v) is 2.76. The lowest BCUT2D eigenvalue weighted by Crippen LogP contribution is -2.54. The van der Waals surface area contributed by atoms with E-state index in [0.717, 1.165) is 0 Å². The largest absolute Gasteiger partial charge is 0.385 e. The molecule has 2 heterocycles. The lowest BCUT2D eigenvalue weighted by Gasteiger charge is -2.31. The van der Waals surface area contributed by atoms with E-state index in [1.165, 1.54) is 0 Å². The van der Waals surface area contributed by atoms with Crippen molar-refractivity contribution < 1.29 is 28.2 Å². The topological polar surface area (TPSA) is 66.8 Å². The van der Waals surface area contributed by atoms with Gasteiger partial charge in [-0.05, 0) is 12.8 Å². The highest BCUT2D eigenvalue weighted by molar-refractivity contribution is 6.02. The Kier molecular flexibility index (Phi) is 2.90. The van der Waals surface area contributed by atoms with Crippen molar-refractivity contribution in [1.82, 2.24) is 4.90 Å². The molecule has 7 heteroatoms. The smallest absolute Gasteiger partial charge is 0.265 e. The first-order valence-electron chi connectivity index (χ1n) is 4.97. The molecule has 0 aliphatic carbocycles. The first kappa shape index (κ1) is 11.4. The van der Waals surface area contributed by atoms with E-state index in [1.807, 2.05) is 0 Å². The maximum absolute atomic E-state index is 12.1. The predicted molar refractivity (Wildman–Crippen MR) is 46.6 cm³/mol.